The molecule has 5 aliphatic rings. The molecule has 1 aliphatic heterocycles. The normalized spacial score (nSPS) is 40.0. The van der Waals surface area contributed by atoms with Crippen molar-refractivity contribution in [2.45, 2.75) is 70.1 Å². The van der Waals surface area contributed by atoms with Crippen LogP contribution >= 0.6 is 12.4 Å². The Bertz CT molecular complexity index is 587. The Balaban J connectivity index is 0.00000157. The Kier molecular flexibility index (Phi) is 4.69. The maximum Gasteiger partial charge on any atom is 0.00385 e. The molecule has 4 saturated carbocycles. The van der Waals surface area contributed by atoms with Crippen molar-refractivity contribution in [2.75, 3.05) is 19.6 Å². The van der Waals surface area contributed by atoms with Gasteiger partial charge in [-0.15, -0.1) is 12.4 Å². The molecule has 1 aromatic carbocycles. The fourth-order valence-electron chi connectivity index (χ4n) is 7.47. The van der Waals surface area contributed by atoms with Crippen LogP contribution in [0.1, 0.15) is 68.9 Å². The molecule has 6 rings (SSSR count). The molecule has 2 atom stereocenters. The van der Waals surface area contributed by atoms with Crippen LogP contribution in [0.25, 0.3) is 0 Å². The third-order valence-electron chi connectivity index (χ3n) is 7.85. The largest absolute Gasteiger partial charge is 0.303 e. The SMILES string of the molecule is Cc1ccc(C23CC4CC(CC(CN5CCCCC5)(C4)C2)C3)cc1.Cl. The molecule has 25 heavy (non-hydrogen) atoms. The van der Waals surface area contributed by atoms with Gasteiger partial charge in [0.1, 0.15) is 0 Å². The summed E-state index contributed by atoms with van der Waals surface area (Å²) in [5.74, 6) is 2.02. The van der Waals surface area contributed by atoms with Crippen LogP contribution in [0.5, 0.6) is 0 Å². The highest BCUT2D eigenvalue weighted by Gasteiger charge is 2.58. The van der Waals surface area contributed by atoms with E-state index in [9.17, 15) is 0 Å². The van der Waals surface area contributed by atoms with Crippen molar-refractivity contribution in [3.05, 3.63) is 35.4 Å². The van der Waals surface area contributed by atoms with Crippen molar-refractivity contribution in [1.82, 2.24) is 4.90 Å². The molecule has 4 bridgehead atoms. The topological polar surface area (TPSA) is 3.24 Å². The zero-order chi connectivity index (χ0) is 16.2. The lowest BCUT2D eigenvalue weighted by atomic mass is 9.43. The number of rotatable bonds is 3. The minimum atomic E-state index is 0. The van der Waals surface area contributed by atoms with E-state index in [-0.39, 0.29) is 12.4 Å². The summed E-state index contributed by atoms with van der Waals surface area (Å²) in [5, 5.41) is 0. The van der Waals surface area contributed by atoms with Gasteiger partial charge in [-0.3, -0.25) is 0 Å². The lowest BCUT2D eigenvalue weighted by molar-refractivity contribution is -0.0877. The minimum absolute atomic E-state index is 0. The van der Waals surface area contributed by atoms with Gasteiger partial charge in [0.05, 0.1) is 0 Å². The molecule has 5 fully saturated rings. The summed E-state index contributed by atoms with van der Waals surface area (Å²) >= 11 is 0. The maximum atomic E-state index is 2.83. The summed E-state index contributed by atoms with van der Waals surface area (Å²) in [4.78, 5) is 2.83. The number of likely N-dealkylation sites (tertiary alicyclic amines) is 1. The molecule has 2 unspecified atom stereocenters. The van der Waals surface area contributed by atoms with Gasteiger partial charge in [0.25, 0.3) is 0 Å². The first-order valence-electron chi connectivity index (χ1n) is 10.4. The van der Waals surface area contributed by atoms with Crippen molar-refractivity contribution in [1.29, 1.82) is 0 Å². The van der Waals surface area contributed by atoms with Crippen LogP contribution in [0, 0.1) is 24.2 Å². The van der Waals surface area contributed by atoms with E-state index in [1.165, 1.54) is 83.0 Å². The average molecular weight is 360 g/mol. The molecule has 0 radical (unpaired) electrons. The summed E-state index contributed by atoms with van der Waals surface area (Å²) < 4.78 is 0. The molecule has 0 N–H and O–H groups in total. The first-order chi connectivity index (χ1) is 11.6. The van der Waals surface area contributed by atoms with Gasteiger partial charge >= 0.3 is 0 Å². The van der Waals surface area contributed by atoms with Gasteiger partial charge in [-0.05, 0) is 99.6 Å². The predicted molar refractivity (Wildman–Crippen MR) is 108 cm³/mol. The number of hydrogen-bond donors (Lipinski definition) is 0. The van der Waals surface area contributed by atoms with E-state index in [1.807, 2.05) is 0 Å². The molecule has 1 heterocycles. The summed E-state index contributed by atoms with van der Waals surface area (Å²) in [5.41, 5.74) is 4.25. The number of aryl methyl sites for hydroxylation is 1. The van der Waals surface area contributed by atoms with Crippen LogP contribution in [0.2, 0.25) is 0 Å². The smallest absolute Gasteiger partial charge is 0.00385 e. The van der Waals surface area contributed by atoms with Gasteiger partial charge < -0.3 is 4.90 Å². The lowest BCUT2D eigenvalue weighted by Crippen LogP contribution is -2.57. The fraction of sp³-hybridized carbons (Fsp3) is 0.739. The van der Waals surface area contributed by atoms with Crippen molar-refractivity contribution in [3.8, 4) is 0 Å². The highest BCUT2D eigenvalue weighted by atomic mass is 35.5. The number of piperidine rings is 1. The van der Waals surface area contributed by atoms with Gasteiger partial charge in [0.2, 0.25) is 0 Å². The van der Waals surface area contributed by atoms with Crippen LogP contribution in [0.4, 0.5) is 0 Å². The van der Waals surface area contributed by atoms with Gasteiger partial charge in [0.15, 0.2) is 0 Å². The van der Waals surface area contributed by atoms with E-state index >= 15 is 0 Å². The molecule has 0 amide bonds. The van der Waals surface area contributed by atoms with Crippen molar-refractivity contribution < 1.29 is 0 Å². The summed E-state index contributed by atoms with van der Waals surface area (Å²) in [6, 6.07) is 9.64. The van der Waals surface area contributed by atoms with E-state index in [0.717, 1.165) is 11.8 Å². The molecule has 4 aliphatic carbocycles. The second-order valence-corrected chi connectivity index (χ2v) is 9.94. The number of nitrogens with zero attached hydrogens (tertiary/aromatic N) is 1. The maximum absolute atomic E-state index is 2.83. The Morgan fingerprint density at radius 2 is 1.56 bits per heavy atom. The van der Waals surface area contributed by atoms with Gasteiger partial charge in [-0.2, -0.15) is 0 Å². The van der Waals surface area contributed by atoms with E-state index in [2.05, 4.69) is 36.1 Å². The highest BCUT2D eigenvalue weighted by molar-refractivity contribution is 5.85. The molecule has 1 aromatic rings. The Morgan fingerprint density at radius 1 is 0.920 bits per heavy atom. The average Bonchev–Trinajstić information content (AvgIpc) is 2.54. The summed E-state index contributed by atoms with van der Waals surface area (Å²) in [6.07, 6.45) is 13.4. The standard InChI is InChI=1S/C23H33N.ClH/c1-18-5-7-21(8-6-18)23-14-19-11-20(15-23)13-22(12-19,16-23)17-24-9-3-2-4-10-24;/h5-8,19-20H,2-4,9-17H2,1H3;1H. The molecule has 2 heteroatoms. The second-order valence-electron chi connectivity index (χ2n) is 9.94. The number of hydrogen-bond acceptors (Lipinski definition) is 1. The molecule has 1 saturated heterocycles. The van der Waals surface area contributed by atoms with E-state index in [4.69, 9.17) is 0 Å². The molecule has 0 spiro atoms. The first kappa shape index (κ1) is 17.9. The molecule has 0 aromatic heterocycles. The van der Waals surface area contributed by atoms with Crippen LogP contribution in [-0.2, 0) is 5.41 Å². The molecular formula is C23H34ClN. The van der Waals surface area contributed by atoms with Crippen LogP contribution in [-0.4, -0.2) is 24.5 Å². The van der Waals surface area contributed by atoms with E-state index in [1.54, 1.807) is 5.56 Å². The Labute approximate surface area is 160 Å². The highest BCUT2D eigenvalue weighted by Crippen LogP contribution is 2.65. The summed E-state index contributed by atoms with van der Waals surface area (Å²) in [6.45, 7) is 6.37. The van der Waals surface area contributed by atoms with Crippen molar-refractivity contribution in [3.63, 3.8) is 0 Å². The third-order valence-corrected chi connectivity index (χ3v) is 7.85. The van der Waals surface area contributed by atoms with E-state index in [0.29, 0.717) is 10.8 Å². The van der Waals surface area contributed by atoms with Crippen LogP contribution in [0.15, 0.2) is 24.3 Å². The monoisotopic (exact) mass is 359 g/mol. The third kappa shape index (κ3) is 3.16. The van der Waals surface area contributed by atoms with Crippen molar-refractivity contribution in [2.24, 2.45) is 17.3 Å². The first-order valence-corrected chi connectivity index (χ1v) is 10.4. The molecular weight excluding hydrogens is 326 g/mol. The van der Waals surface area contributed by atoms with E-state index < -0.39 is 0 Å². The quantitative estimate of drug-likeness (QED) is 0.665. The number of halogens is 1. The van der Waals surface area contributed by atoms with Crippen LogP contribution in [0.3, 0.4) is 0 Å². The zero-order valence-corrected chi connectivity index (χ0v) is 16.6. The zero-order valence-electron chi connectivity index (χ0n) is 15.8. The van der Waals surface area contributed by atoms with Crippen molar-refractivity contribution >= 4 is 12.4 Å². The number of benzene rings is 1. The molecule has 138 valence electrons. The predicted octanol–water partition coefficient (Wildman–Crippen LogP) is 5.74. The lowest BCUT2D eigenvalue weighted by Gasteiger charge is -2.63. The van der Waals surface area contributed by atoms with Gasteiger partial charge in [-0.1, -0.05) is 36.2 Å². The minimum Gasteiger partial charge on any atom is -0.303 e. The Morgan fingerprint density at radius 3 is 2.20 bits per heavy atom. The Hall–Kier alpha value is -0.530. The second kappa shape index (κ2) is 6.57. The molecule has 1 nitrogen and oxygen atoms in total. The van der Waals surface area contributed by atoms with Gasteiger partial charge in [-0.25, -0.2) is 0 Å². The van der Waals surface area contributed by atoms with Crippen LogP contribution < -0.4 is 0 Å². The van der Waals surface area contributed by atoms with Gasteiger partial charge in [0, 0.05) is 6.54 Å². The summed E-state index contributed by atoms with van der Waals surface area (Å²) in [7, 11) is 0. The fourth-order valence-corrected chi connectivity index (χ4v) is 7.47.